The van der Waals surface area contributed by atoms with E-state index in [2.05, 4.69) is 34.4 Å². The second kappa shape index (κ2) is 12.2. The molecule has 0 bridgehead atoms. The van der Waals surface area contributed by atoms with E-state index in [4.69, 9.17) is 14.7 Å². The first-order valence-electron chi connectivity index (χ1n) is 15.3. The quantitative estimate of drug-likeness (QED) is 0.502. The summed E-state index contributed by atoms with van der Waals surface area (Å²) in [6.45, 7) is 7.90. The summed E-state index contributed by atoms with van der Waals surface area (Å²) in [6, 6.07) is 8.79. The van der Waals surface area contributed by atoms with Crippen molar-refractivity contribution >= 4 is 17.4 Å². The smallest absolute Gasteiger partial charge is 0.318 e. The molecule has 1 N–H and O–H groups in total. The Balaban J connectivity index is 1.30. The van der Waals surface area contributed by atoms with Crippen LogP contribution in [0.25, 0.3) is 0 Å². The molecule has 10 nitrogen and oxygen atoms in total. The number of hydrogen-bond donors (Lipinski definition) is 1. The van der Waals surface area contributed by atoms with Crippen molar-refractivity contribution in [3.63, 3.8) is 0 Å². The van der Waals surface area contributed by atoms with Gasteiger partial charge in [-0.15, -0.1) is 0 Å². The largest absolute Gasteiger partial charge is 0.508 e. The minimum atomic E-state index is -0.231. The fourth-order valence-corrected chi connectivity index (χ4v) is 7.21. The number of ether oxygens (including phenoxy) is 1. The lowest BCUT2D eigenvalue weighted by Gasteiger charge is -2.43. The maximum absolute atomic E-state index is 12.5. The Labute approximate surface area is 248 Å². The Morgan fingerprint density at radius 2 is 2.05 bits per heavy atom. The van der Waals surface area contributed by atoms with Crippen LogP contribution in [0.3, 0.4) is 0 Å². The standard InChI is InChI=1S/C32H41N7O3/c1-3-30(41)39-17-16-37(20-24(39)12-13-33)31-27-11-9-23(38-15-4-6-22-8-10-26(40)19-29(22)38)18-28(27)34-32(35-31)42-21-25-7-5-14-36(25)2/h3,8,10,19,23-25,40H,1,4-7,9,11-12,14-18,20-21H2,2H3/t23?,24-,25-/m0/s1. The zero-order chi connectivity index (χ0) is 29.2. The van der Waals surface area contributed by atoms with E-state index >= 15 is 0 Å². The minimum absolute atomic E-state index is 0.139. The van der Waals surface area contributed by atoms with Gasteiger partial charge in [0.2, 0.25) is 5.91 Å². The number of fused-ring (bicyclic) bond motifs is 2. The number of carbonyl (C=O) groups excluding carboxylic acids is 1. The molecular formula is C32H41N7O3. The number of nitriles is 1. The van der Waals surface area contributed by atoms with E-state index in [1.54, 1.807) is 11.0 Å². The molecule has 1 amide bonds. The summed E-state index contributed by atoms with van der Waals surface area (Å²) in [5.74, 6) is 1.04. The molecule has 222 valence electrons. The predicted molar refractivity (Wildman–Crippen MR) is 161 cm³/mol. The van der Waals surface area contributed by atoms with Crippen molar-refractivity contribution in [2.75, 3.05) is 56.2 Å². The van der Waals surface area contributed by atoms with Gasteiger partial charge in [0.05, 0.1) is 24.2 Å². The van der Waals surface area contributed by atoms with Gasteiger partial charge < -0.3 is 29.4 Å². The zero-order valence-electron chi connectivity index (χ0n) is 24.5. The van der Waals surface area contributed by atoms with Crippen LogP contribution in [0.4, 0.5) is 11.5 Å². The highest BCUT2D eigenvalue weighted by molar-refractivity contribution is 5.87. The molecule has 4 aliphatic rings. The zero-order valence-corrected chi connectivity index (χ0v) is 24.5. The molecule has 3 atom stereocenters. The van der Waals surface area contributed by atoms with Crippen LogP contribution in [-0.2, 0) is 24.1 Å². The van der Waals surface area contributed by atoms with E-state index < -0.39 is 0 Å². The Hall–Kier alpha value is -3.84. The third-order valence-electron chi connectivity index (χ3n) is 9.51. The summed E-state index contributed by atoms with van der Waals surface area (Å²) in [7, 11) is 2.14. The number of carbonyl (C=O) groups is 1. The molecule has 1 unspecified atom stereocenters. The van der Waals surface area contributed by atoms with Crippen molar-refractivity contribution in [2.24, 2.45) is 0 Å². The molecule has 6 rings (SSSR count). The van der Waals surface area contributed by atoms with Crippen LogP contribution in [0, 0.1) is 11.3 Å². The third kappa shape index (κ3) is 5.62. The number of anilines is 2. The summed E-state index contributed by atoms with van der Waals surface area (Å²) >= 11 is 0. The second-order valence-corrected chi connectivity index (χ2v) is 12.0. The Morgan fingerprint density at radius 1 is 1.17 bits per heavy atom. The lowest BCUT2D eigenvalue weighted by Crippen LogP contribution is -2.55. The van der Waals surface area contributed by atoms with E-state index in [-0.39, 0.29) is 24.4 Å². The van der Waals surface area contributed by atoms with Crippen LogP contribution in [0.5, 0.6) is 11.8 Å². The Kier molecular flexibility index (Phi) is 8.20. The summed E-state index contributed by atoms with van der Waals surface area (Å²) in [5, 5.41) is 19.8. The molecule has 1 aliphatic carbocycles. The number of benzene rings is 1. The predicted octanol–water partition coefficient (Wildman–Crippen LogP) is 3.08. The van der Waals surface area contributed by atoms with Gasteiger partial charge in [-0.05, 0) is 69.8 Å². The molecule has 2 aromatic rings. The van der Waals surface area contributed by atoms with E-state index in [1.807, 2.05) is 12.1 Å². The van der Waals surface area contributed by atoms with Gasteiger partial charge in [-0.2, -0.15) is 15.2 Å². The second-order valence-electron chi connectivity index (χ2n) is 12.0. The van der Waals surface area contributed by atoms with Gasteiger partial charge in [0.15, 0.2) is 0 Å². The SMILES string of the molecule is C=CC(=O)N1CCN(c2nc(OC[C@@H]3CCCN3C)nc3c2CCC(N2CCCc4ccc(O)cc42)C3)C[C@@H]1CC#N. The Bertz CT molecular complexity index is 1370. The van der Waals surface area contributed by atoms with Crippen LogP contribution in [0.1, 0.15) is 48.9 Å². The number of aromatic hydroxyl groups is 1. The molecule has 2 saturated heterocycles. The molecule has 10 heteroatoms. The lowest BCUT2D eigenvalue weighted by atomic mass is 9.88. The summed E-state index contributed by atoms with van der Waals surface area (Å²) in [5.41, 5.74) is 4.57. The summed E-state index contributed by atoms with van der Waals surface area (Å²) < 4.78 is 6.29. The first kappa shape index (κ1) is 28.3. The Morgan fingerprint density at radius 3 is 2.83 bits per heavy atom. The van der Waals surface area contributed by atoms with Gasteiger partial charge >= 0.3 is 6.01 Å². The number of aryl methyl sites for hydroxylation is 1. The van der Waals surface area contributed by atoms with E-state index in [0.717, 1.165) is 74.4 Å². The van der Waals surface area contributed by atoms with Gasteiger partial charge in [-0.1, -0.05) is 12.6 Å². The van der Waals surface area contributed by atoms with Crippen LogP contribution in [0.15, 0.2) is 30.9 Å². The fourth-order valence-electron chi connectivity index (χ4n) is 7.21. The molecule has 1 aromatic carbocycles. The number of nitrogens with zero attached hydrogens (tertiary/aromatic N) is 7. The monoisotopic (exact) mass is 571 g/mol. The van der Waals surface area contributed by atoms with E-state index in [1.165, 1.54) is 18.1 Å². The summed E-state index contributed by atoms with van der Waals surface area (Å²) in [4.78, 5) is 31.3. The van der Waals surface area contributed by atoms with Crippen LogP contribution >= 0.6 is 0 Å². The summed E-state index contributed by atoms with van der Waals surface area (Å²) in [6.07, 6.45) is 8.54. The van der Waals surface area contributed by atoms with Crippen molar-refractivity contribution < 1.29 is 14.6 Å². The van der Waals surface area contributed by atoms with E-state index in [0.29, 0.717) is 44.0 Å². The van der Waals surface area contributed by atoms with Gasteiger partial charge in [0, 0.05) is 62.0 Å². The van der Waals surface area contributed by atoms with Crippen LogP contribution in [0.2, 0.25) is 0 Å². The highest BCUT2D eigenvalue weighted by Gasteiger charge is 2.35. The number of rotatable bonds is 7. The number of phenolic OH excluding ortho intramolecular Hbond substituents is 1. The van der Waals surface area contributed by atoms with Gasteiger partial charge in [-0.25, -0.2) is 0 Å². The first-order valence-corrected chi connectivity index (χ1v) is 15.3. The van der Waals surface area contributed by atoms with Crippen LogP contribution < -0.4 is 14.5 Å². The topological polar surface area (TPSA) is 109 Å². The third-order valence-corrected chi connectivity index (χ3v) is 9.51. The average molecular weight is 572 g/mol. The number of aromatic nitrogens is 2. The maximum atomic E-state index is 12.5. The average Bonchev–Trinajstić information content (AvgIpc) is 3.43. The molecule has 0 saturated carbocycles. The highest BCUT2D eigenvalue weighted by Crippen LogP contribution is 2.38. The van der Waals surface area contributed by atoms with E-state index in [9.17, 15) is 15.2 Å². The number of piperazine rings is 1. The van der Waals surface area contributed by atoms with Crippen molar-refractivity contribution in [2.45, 2.75) is 69.5 Å². The molecule has 1 aromatic heterocycles. The molecule has 42 heavy (non-hydrogen) atoms. The molecule has 2 fully saturated rings. The van der Waals surface area contributed by atoms with Crippen molar-refractivity contribution in [1.82, 2.24) is 19.8 Å². The van der Waals surface area contributed by atoms with Crippen molar-refractivity contribution in [3.8, 4) is 17.8 Å². The highest BCUT2D eigenvalue weighted by atomic mass is 16.5. The molecule has 0 radical (unpaired) electrons. The fraction of sp³-hybridized carbons (Fsp3) is 0.562. The number of likely N-dealkylation sites (tertiary alicyclic amines) is 1. The van der Waals surface area contributed by atoms with Crippen molar-refractivity contribution in [1.29, 1.82) is 5.26 Å². The molecular weight excluding hydrogens is 530 g/mol. The number of phenols is 1. The number of hydrogen-bond acceptors (Lipinski definition) is 9. The minimum Gasteiger partial charge on any atom is -0.508 e. The van der Waals surface area contributed by atoms with Gasteiger partial charge in [-0.3, -0.25) is 4.79 Å². The van der Waals surface area contributed by atoms with Gasteiger partial charge in [0.25, 0.3) is 0 Å². The van der Waals surface area contributed by atoms with Crippen LogP contribution in [-0.4, -0.2) is 95.3 Å². The van der Waals surface area contributed by atoms with Gasteiger partial charge in [0.1, 0.15) is 18.2 Å². The maximum Gasteiger partial charge on any atom is 0.318 e. The number of amides is 1. The van der Waals surface area contributed by atoms with Crippen molar-refractivity contribution in [3.05, 3.63) is 47.7 Å². The molecule has 0 spiro atoms. The first-order chi connectivity index (χ1) is 20.4. The lowest BCUT2D eigenvalue weighted by molar-refractivity contribution is -0.128. The normalized spacial score (nSPS) is 24.1. The molecule has 3 aliphatic heterocycles. The number of likely N-dealkylation sites (N-methyl/N-ethyl adjacent to an activating group) is 1. The molecule has 4 heterocycles.